The standard InChI is InChI=1S/C8H7ClO2.3CO.Cr/c1-11-8(10)6-3-2-4-7(9)5-6;3*1-2;/h2-5H,1H3;;;;. The van der Waals surface area contributed by atoms with E-state index in [1.54, 1.807) is 24.3 Å². The SMILES string of the molecule is COC(=O)c1cccc(Cl)c1.[C]=O.[C]=O.[C]=O.[Cr]. The van der Waals surface area contributed by atoms with Crippen molar-refractivity contribution in [2.75, 3.05) is 7.11 Å². The maximum Gasteiger partial charge on any atom is 0.337 e. The minimum absolute atomic E-state index is 0. The molecule has 0 aliphatic rings. The molecule has 6 radical (unpaired) electrons. The molecule has 0 saturated heterocycles. The van der Waals surface area contributed by atoms with Gasteiger partial charge < -0.3 is 4.74 Å². The molecule has 0 fully saturated rings. The summed E-state index contributed by atoms with van der Waals surface area (Å²) in [6.07, 6.45) is 0. The number of carbonyl (C=O) groups excluding carboxylic acids is 4. The molecule has 0 spiro atoms. The van der Waals surface area contributed by atoms with Crippen molar-refractivity contribution in [3.8, 4) is 0 Å². The molecular weight excluding hydrogens is 300 g/mol. The van der Waals surface area contributed by atoms with Gasteiger partial charge in [0.05, 0.1) is 12.7 Å². The first-order valence-corrected chi connectivity index (χ1v) is 4.07. The van der Waals surface area contributed by atoms with E-state index in [1.807, 2.05) is 0 Å². The summed E-state index contributed by atoms with van der Waals surface area (Å²) in [6.45, 7) is 13.5. The molecule has 18 heavy (non-hydrogen) atoms. The third-order valence-electron chi connectivity index (χ3n) is 1.25. The van der Waals surface area contributed by atoms with Gasteiger partial charge in [-0.05, 0) is 18.2 Å². The van der Waals surface area contributed by atoms with Crippen LogP contribution in [0, 0.1) is 0 Å². The molecule has 0 aliphatic carbocycles. The van der Waals surface area contributed by atoms with Crippen molar-refractivity contribution in [2.45, 2.75) is 0 Å². The average molecular weight is 307 g/mol. The van der Waals surface area contributed by atoms with Gasteiger partial charge in [0.1, 0.15) is 0 Å². The van der Waals surface area contributed by atoms with Crippen LogP contribution in [0.4, 0.5) is 0 Å². The van der Waals surface area contributed by atoms with Gasteiger partial charge in [0, 0.05) is 22.4 Å². The summed E-state index contributed by atoms with van der Waals surface area (Å²) in [5.74, 6) is -0.368. The first kappa shape index (κ1) is 25.4. The summed E-state index contributed by atoms with van der Waals surface area (Å²) in [5.41, 5.74) is 0.472. The normalized spacial score (nSPS) is 6.33. The molecular formula is C11H7ClCrO5. The smallest absolute Gasteiger partial charge is 0.337 e. The Kier molecular flexibility index (Phi) is 29.4. The van der Waals surface area contributed by atoms with Gasteiger partial charge >= 0.3 is 5.97 Å². The number of carbonyl (C=O) groups is 1. The van der Waals surface area contributed by atoms with Crippen LogP contribution in [0.15, 0.2) is 24.3 Å². The molecule has 5 nitrogen and oxygen atoms in total. The van der Waals surface area contributed by atoms with Gasteiger partial charge in [-0.3, -0.25) is 14.4 Å². The Hall–Kier alpha value is -1.48. The molecule has 0 heterocycles. The Morgan fingerprint density at radius 2 is 1.56 bits per heavy atom. The summed E-state index contributed by atoms with van der Waals surface area (Å²) in [7, 11) is 1.34. The van der Waals surface area contributed by atoms with Gasteiger partial charge in [-0.15, -0.1) is 0 Å². The predicted octanol–water partition coefficient (Wildman–Crippen LogP) is 0.933. The van der Waals surface area contributed by atoms with E-state index < -0.39 is 0 Å². The molecule has 94 valence electrons. The van der Waals surface area contributed by atoms with Crippen molar-refractivity contribution in [1.29, 1.82) is 0 Å². The number of rotatable bonds is 1. The minimum atomic E-state index is -0.368. The van der Waals surface area contributed by atoms with Crippen molar-refractivity contribution in [1.82, 2.24) is 0 Å². The van der Waals surface area contributed by atoms with Gasteiger partial charge in [0.15, 0.2) is 0 Å². The van der Waals surface area contributed by atoms with E-state index >= 15 is 0 Å². The fraction of sp³-hybridized carbons (Fsp3) is 0.0909. The summed E-state index contributed by atoms with van der Waals surface area (Å²) < 4.78 is 4.49. The summed E-state index contributed by atoms with van der Waals surface area (Å²) in [6, 6.07) is 6.62. The van der Waals surface area contributed by atoms with Crippen molar-refractivity contribution in [2.24, 2.45) is 0 Å². The molecule has 0 bridgehead atoms. The van der Waals surface area contributed by atoms with Gasteiger partial charge in [0.25, 0.3) is 20.4 Å². The maximum atomic E-state index is 10.9. The Morgan fingerprint density at radius 1 is 1.11 bits per heavy atom. The van der Waals surface area contributed by atoms with Gasteiger partial charge in [-0.2, -0.15) is 0 Å². The van der Waals surface area contributed by atoms with E-state index in [1.165, 1.54) is 7.11 Å². The Bertz CT molecular complexity index is 317. The largest absolute Gasteiger partial charge is 0.465 e. The molecule has 0 saturated carbocycles. The van der Waals surface area contributed by atoms with Crippen LogP contribution in [0.25, 0.3) is 0 Å². The quantitative estimate of drug-likeness (QED) is 0.721. The fourth-order valence-electron chi connectivity index (χ4n) is 0.733. The zero-order valence-electron chi connectivity index (χ0n) is 9.14. The Morgan fingerprint density at radius 3 is 1.89 bits per heavy atom. The zero-order valence-corrected chi connectivity index (χ0v) is 11.2. The van der Waals surface area contributed by atoms with E-state index in [-0.39, 0.29) is 23.3 Å². The molecule has 0 aromatic heterocycles. The number of halogens is 1. The van der Waals surface area contributed by atoms with Crippen LogP contribution in [0.5, 0.6) is 0 Å². The summed E-state index contributed by atoms with van der Waals surface area (Å²) >= 11 is 5.64. The van der Waals surface area contributed by atoms with Crippen LogP contribution in [0.2, 0.25) is 5.02 Å². The van der Waals surface area contributed by atoms with Crippen LogP contribution in [-0.2, 0) is 36.5 Å². The van der Waals surface area contributed by atoms with E-state index in [9.17, 15) is 4.79 Å². The van der Waals surface area contributed by atoms with E-state index in [2.05, 4.69) is 25.1 Å². The predicted molar refractivity (Wildman–Crippen MR) is 59.9 cm³/mol. The second kappa shape index (κ2) is 20.9. The van der Waals surface area contributed by atoms with Crippen LogP contribution in [0.3, 0.4) is 0 Å². The van der Waals surface area contributed by atoms with Crippen LogP contribution >= 0.6 is 11.6 Å². The van der Waals surface area contributed by atoms with Crippen molar-refractivity contribution < 1.29 is 41.3 Å². The number of esters is 1. The average Bonchev–Trinajstić information content (AvgIpc) is 2.44. The third-order valence-corrected chi connectivity index (χ3v) is 1.48. The molecule has 0 atom stereocenters. The third kappa shape index (κ3) is 12.6. The molecule has 1 aromatic rings. The number of hydrogen-bond acceptors (Lipinski definition) is 5. The molecule has 0 unspecified atom stereocenters. The first-order chi connectivity index (χ1) is 8.24. The fourth-order valence-corrected chi connectivity index (χ4v) is 0.924. The molecule has 0 N–H and O–H groups in total. The Balaban J connectivity index is -0.000000123. The molecule has 7 heteroatoms. The molecule has 1 rings (SSSR count). The van der Waals surface area contributed by atoms with E-state index in [0.29, 0.717) is 10.6 Å². The van der Waals surface area contributed by atoms with Gasteiger partial charge in [-0.1, -0.05) is 17.7 Å². The van der Waals surface area contributed by atoms with Crippen molar-refractivity contribution in [3.63, 3.8) is 0 Å². The zero-order chi connectivity index (χ0) is 14.3. The second-order valence-corrected chi connectivity index (χ2v) is 2.44. The van der Waals surface area contributed by atoms with Crippen LogP contribution in [0.1, 0.15) is 10.4 Å². The number of ether oxygens (including phenoxy) is 1. The minimum Gasteiger partial charge on any atom is -0.465 e. The van der Waals surface area contributed by atoms with Crippen molar-refractivity contribution in [3.05, 3.63) is 34.9 Å². The maximum absolute atomic E-state index is 10.9. The van der Waals surface area contributed by atoms with E-state index in [4.69, 9.17) is 26.0 Å². The molecule has 0 amide bonds. The number of methoxy groups -OCH3 is 1. The Labute approximate surface area is 121 Å². The monoisotopic (exact) mass is 306 g/mol. The van der Waals surface area contributed by atoms with Crippen LogP contribution < -0.4 is 0 Å². The number of benzene rings is 1. The molecule has 1 aromatic carbocycles. The van der Waals surface area contributed by atoms with E-state index in [0.717, 1.165) is 0 Å². The topological polar surface area (TPSA) is 77.5 Å². The molecule has 0 aliphatic heterocycles. The van der Waals surface area contributed by atoms with Crippen molar-refractivity contribution >= 4 is 37.9 Å². The second-order valence-electron chi connectivity index (χ2n) is 2.00. The van der Waals surface area contributed by atoms with Crippen LogP contribution in [-0.4, -0.2) is 33.4 Å². The first-order valence-electron chi connectivity index (χ1n) is 3.69. The summed E-state index contributed by atoms with van der Waals surface area (Å²) in [4.78, 5) is 33.4. The number of hydrogen-bond donors (Lipinski definition) is 0. The summed E-state index contributed by atoms with van der Waals surface area (Å²) in [5, 5.41) is 0.535. The van der Waals surface area contributed by atoms with Gasteiger partial charge in [0.2, 0.25) is 0 Å². The van der Waals surface area contributed by atoms with Gasteiger partial charge in [-0.25, -0.2) is 4.79 Å².